The first kappa shape index (κ1) is 17.6. The van der Waals surface area contributed by atoms with Crippen LogP contribution >= 0.6 is 0 Å². The topological polar surface area (TPSA) is 25.8 Å². The molecule has 0 spiro atoms. The van der Waals surface area contributed by atoms with Crippen LogP contribution in [0.25, 0.3) is 0 Å². The van der Waals surface area contributed by atoms with Gasteiger partial charge in [-0.1, -0.05) is 38.1 Å². The fourth-order valence-electron chi connectivity index (χ4n) is 2.13. The van der Waals surface area contributed by atoms with Gasteiger partial charge in [0.2, 0.25) is 0 Å². The third-order valence-corrected chi connectivity index (χ3v) is 6.27. The van der Waals surface area contributed by atoms with Crippen molar-refractivity contribution in [3.05, 3.63) is 59.2 Å². The fraction of sp³-hybridized carbons (Fsp3) is 0.444. The number of aryl methyl sites for hydroxylation is 3. The van der Waals surface area contributed by atoms with Gasteiger partial charge in [0, 0.05) is 22.8 Å². The molecule has 2 heterocycles. The van der Waals surface area contributed by atoms with Gasteiger partial charge in [0.25, 0.3) is 0 Å². The van der Waals surface area contributed by atoms with E-state index < -0.39 is 0 Å². The van der Waals surface area contributed by atoms with Crippen LogP contribution in [0, 0.1) is 20.8 Å². The molecule has 0 aliphatic carbocycles. The number of pyridine rings is 2. The molecule has 2 rings (SSSR count). The summed E-state index contributed by atoms with van der Waals surface area (Å²) in [5, 5.41) is 0. The maximum absolute atomic E-state index is 4.53. The molecule has 1 radical (unpaired) electrons. The largest absolute Gasteiger partial charge is 0.259 e. The maximum Gasteiger partial charge on any atom is 0.0540 e. The van der Waals surface area contributed by atoms with Crippen molar-refractivity contribution in [1.29, 1.82) is 0 Å². The summed E-state index contributed by atoms with van der Waals surface area (Å²) >= 11 is 0. The number of aromatic nitrogens is 2. The van der Waals surface area contributed by atoms with E-state index in [2.05, 4.69) is 48.9 Å². The van der Waals surface area contributed by atoms with Crippen molar-refractivity contribution >= 4 is 8.80 Å². The predicted molar refractivity (Wildman–Crippen MR) is 93.1 cm³/mol. The van der Waals surface area contributed by atoms with Crippen molar-refractivity contribution in [2.75, 3.05) is 0 Å². The zero-order valence-electron chi connectivity index (χ0n) is 14.0. The quantitative estimate of drug-likeness (QED) is 0.764. The highest BCUT2D eigenvalue weighted by Crippen LogP contribution is 2.07. The van der Waals surface area contributed by atoms with E-state index in [4.69, 9.17) is 0 Å². The van der Waals surface area contributed by atoms with E-state index in [1.165, 1.54) is 23.8 Å². The standard InChI is InChI=1S/C11H18NSi.C7H9N/c1-4-13(5-2)9-11-8-6-7-10(3)12-11;1-6-4-3-5-7(2)8-6/h6-8H,4-5,9H2,1-3H3;3-5H,1-2H3. The van der Waals surface area contributed by atoms with Crippen LogP contribution in [0.15, 0.2) is 36.4 Å². The Morgan fingerprint density at radius 1 is 0.762 bits per heavy atom. The van der Waals surface area contributed by atoms with Crippen LogP contribution in [0.4, 0.5) is 0 Å². The summed E-state index contributed by atoms with van der Waals surface area (Å²) in [7, 11) is -0.155. The van der Waals surface area contributed by atoms with Gasteiger partial charge in [0.05, 0.1) is 8.80 Å². The van der Waals surface area contributed by atoms with Crippen LogP contribution < -0.4 is 0 Å². The minimum Gasteiger partial charge on any atom is -0.259 e. The first-order valence-electron chi connectivity index (χ1n) is 7.71. The van der Waals surface area contributed by atoms with E-state index >= 15 is 0 Å². The Balaban J connectivity index is 0.000000235. The summed E-state index contributed by atoms with van der Waals surface area (Å²) < 4.78 is 0. The SMILES string of the molecule is CC[Si](CC)Cc1cccc(C)n1.Cc1cccc(C)n1. The number of rotatable bonds is 4. The second-order valence-electron chi connectivity index (χ2n) is 5.32. The van der Waals surface area contributed by atoms with Gasteiger partial charge < -0.3 is 0 Å². The smallest absolute Gasteiger partial charge is 0.0540 e. The lowest BCUT2D eigenvalue weighted by atomic mass is 10.3. The average Bonchev–Trinajstić information content (AvgIpc) is 2.45. The van der Waals surface area contributed by atoms with Crippen LogP contribution in [0.2, 0.25) is 12.1 Å². The zero-order valence-corrected chi connectivity index (χ0v) is 15.0. The number of hydrogen-bond donors (Lipinski definition) is 0. The maximum atomic E-state index is 4.53. The molecule has 0 amide bonds. The highest BCUT2D eigenvalue weighted by Gasteiger charge is 2.07. The summed E-state index contributed by atoms with van der Waals surface area (Å²) in [5.74, 6) is 0. The van der Waals surface area contributed by atoms with E-state index in [0.717, 1.165) is 17.1 Å². The van der Waals surface area contributed by atoms with Gasteiger partial charge in [-0.25, -0.2) is 0 Å². The second-order valence-corrected chi connectivity index (χ2v) is 8.59. The average molecular weight is 300 g/mol. The molecule has 2 aromatic heterocycles. The molecular formula is C18H27N2Si. The predicted octanol–water partition coefficient (Wildman–Crippen LogP) is 4.70. The van der Waals surface area contributed by atoms with Crippen molar-refractivity contribution in [1.82, 2.24) is 9.97 Å². The molecule has 0 aliphatic heterocycles. The Morgan fingerprint density at radius 3 is 1.62 bits per heavy atom. The Hall–Kier alpha value is -1.48. The van der Waals surface area contributed by atoms with Gasteiger partial charge in [-0.05, 0) is 51.1 Å². The molecule has 0 atom stereocenters. The first-order chi connectivity index (χ1) is 10.0. The molecular weight excluding hydrogens is 272 g/mol. The normalized spacial score (nSPS) is 10.2. The van der Waals surface area contributed by atoms with Gasteiger partial charge >= 0.3 is 0 Å². The summed E-state index contributed by atoms with van der Waals surface area (Å²) in [5.41, 5.74) is 4.61. The van der Waals surface area contributed by atoms with Crippen molar-refractivity contribution in [3.63, 3.8) is 0 Å². The minimum absolute atomic E-state index is 0.155. The summed E-state index contributed by atoms with van der Waals surface area (Å²) in [6.07, 6.45) is 0. The lowest BCUT2D eigenvalue weighted by Gasteiger charge is -2.09. The van der Waals surface area contributed by atoms with Gasteiger partial charge in [0.1, 0.15) is 0 Å². The molecule has 0 saturated carbocycles. The van der Waals surface area contributed by atoms with Crippen molar-refractivity contribution in [2.45, 2.75) is 52.8 Å². The highest BCUT2D eigenvalue weighted by atomic mass is 28.3. The molecule has 2 nitrogen and oxygen atoms in total. The Morgan fingerprint density at radius 2 is 1.24 bits per heavy atom. The van der Waals surface area contributed by atoms with E-state index in [9.17, 15) is 0 Å². The van der Waals surface area contributed by atoms with E-state index in [1.807, 2.05) is 32.0 Å². The Bertz CT molecular complexity index is 519. The molecule has 0 aliphatic rings. The number of hydrogen-bond acceptors (Lipinski definition) is 2. The fourth-order valence-corrected chi connectivity index (χ4v) is 3.84. The molecule has 0 fully saturated rings. The highest BCUT2D eigenvalue weighted by molar-refractivity contribution is 6.57. The molecule has 21 heavy (non-hydrogen) atoms. The molecule has 2 aromatic rings. The van der Waals surface area contributed by atoms with Crippen molar-refractivity contribution < 1.29 is 0 Å². The molecule has 113 valence electrons. The minimum atomic E-state index is -0.155. The molecule has 0 bridgehead atoms. The summed E-state index contributed by atoms with van der Waals surface area (Å²) in [6, 6.07) is 16.3. The van der Waals surface area contributed by atoms with E-state index in [0.29, 0.717) is 0 Å². The van der Waals surface area contributed by atoms with Crippen LogP contribution in [0.5, 0.6) is 0 Å². The second kappa shape index (κ2) is 9.45. The van der Waals surface area contributed by atoms with Crippen LogP contribution in [0.3, 0.4) is 0 Å². The van der Waals surface area contributed by atoms with Gasteiger partial charge in [-0.15, -0.1) is 0 Å². The number of nitrogens with zero attached hydrogens (tertiary/aromatic N) is 2. The summed E-state index contributed by atoms with van der Waals surface area (Å²) in [6.45, 7) is 10.6. The molecule has 0 aromatic carbocycles. The summed E-state index contributed by atoms with van der Waals surface area (Å²) in [4.78, 5) is 8.71. The van der Waals surface area contributed by atoms with Crippen LogP contribution in [0.1, 0.15) is 36.6 Å². The molecule has 0 N–H and O–H groups in total. The van der Waals surface area contributed by atoms with E-state index in [-0.39, 0.29) is 8.80 Å². The van der Waals surface area contributed by atoms with Gasteiger partial charge in [0.15, 0.2) is 0 Å². The molecule has 0 saturated heterocycles. The third kappa shape index (κ3) is 7.18. The molecule has 3 heteroatoms. The lowest BCUT2D eigenvalue weighted by molar-refractivity contribution is 1.07. The monoisotopic (exact) mass is 299 g/mol. The zero-order chi connectivity index (χ0) is 15.7. The first-order valence-corrected chi connectivity index (χ1v) is 9.83. The van der Waals surface area contributed by atoms with Gasteiger partial charge in [-0.3, -0.25) is 9.97 Å². The van der Waals surface area contributed by atoms with Crippen LogP contribution in [-0.2, 0) is 6.04 Å². The Labute approximate surface area is 131 Å². The molecule has 0 unspecified atom stereocenters. The van der Waals surface area contributed by atoms with Gasteiger partial charge in [-0.2, -0.15) is 0 Å². The van der Waals surface area contributed by atoms with Crippen molar-refractivity contribution in [3.8, 4) is 0 Å². The van der Waals surface area contributed by atoms with Crippen LogP contribution in [-0.4, -0.2) is 18.8 Å². The van der Waals surface area contributed by atoms with Crippen molar-refractivity contribution in [2.24, 2.45) is 0 Å². The Kier molecular flexibility index (Phi) is 7.91. The lowest BCUT2D eigenvalue weighted by Crippen LogP contribution is -2.14. The third-order valence-electron chi connectivity index (χ3n) is 3.40. The van der Waals surface area contributed by atoms with E-state index in [1.54, 1.807) is 0 Å².